The minimum Gasteiger partial charge on any atom is -0.477 e. The quantitative estimate of drug-likeness (QED) is 0.366. The second-order valence-corrected chi connectivity index (χ2v) is 2.22. The van der Waals surface area contributed by atoms with Crippen molar-refractivity contribution in [3.05, 3.63) is 24.4 Å². The fourth-order valence-corrected chi connectivity index (χ4v) is 0.376. The highest BCUT2D eigenvalue weighted by Crippen LogP contribution is 1.91. The average molecular weight is 182 g/mol. The van der Waals surface area contributed by atoms with Crippen LogP contribution in [0.15, 0.2) is 29.4 Å². The first-order chi connectivity index (χ1) is 5.95. The Labute approximate surface area is 75.3 Å². The van der Waals surface area contributed by atoms with Crippen molar-refractivity contribution in [1.29, 1.82) is 0 Å². The predicted molar refractivity (Wildman–Crippen MR) is 48.2 cm³/mol. The summed E-state index contributed by atoms with van der Waals surface area (Å²) < 4.78 is 0. The zero-order chi connectivity index (χ0) is 10.4. The molecule has 0 aromatic rings. The third-order valence-electron chi connectivity index (χ3n) is 1.17. The number of hydrogen-bond donors (Lipinski definition) is 2. The van der Waals surface area contributed by atoms with Crippen molar-refractivity contribution in [1.82, 2.24) is 0 Å². The van der Waals surface area contributed by atoms with Crippen LogP contribution in [0.1, 0.15) is 6.92 Å². The molecule has 5 nitrogen and oxygen atoms in total. The summed E-state index contributed by atoms with van der Waals surface area (Å²) >= 11 is 0. The van der Waals surface area contributed by atoms with E-state index < -0.39 is 11.9 Å². The summed E-state index contributed by atoms with van der Waals surface area (Å²) in [7, 11) is 0. The van der Waals surface area contributed by atoms with Gasteiger partial charge in [0.1, 0.15) is 5.71 Å². The van der Waals surface area contributed by atoms with Crippen molar-refractivity contribution in [2.45, 2.75) is 6.92 Å². The first kappa shape index (κ1) is 11.1. The van der Waals surface area contributed by atoms with E-state index >= 15 is 0 Å². The molecule has 0 fully saturated rings. The highest BCUT2D eigenvalue weighted by Gasteiger charge is 1.98. The molecule has 0 aliphatic rings. The van der Waals surface area contributed by atoms with Gasteiger partial charge in [0.05, 0.1) is 0 Å². The van der Waals surface area contributed by atoms with Crippen LogP contribution in [-0.4, -0.2) is 22.7 Å². The minimum atomic E-state index is -1.12. The molecular weight excluding hydrogens is 172 g/mol. The number of carboxylic acid groups (broad SMARTS) is 1. The smallest absolute Gasteiger partial charge is 0.349 e. The van der Waals surface area contributed by atoms with Crippen LogP contribution in [0.4, 0.5) is 0 Å². The molecule has 0 radical (unpaired) electrons. The summed E-state index contributed by atoms with van der Waals surface area (Å²) in [6.45, 7) is 4.65. The second kappa shape index (κ2) is 4.87. The number of primary amides is 1. The molecule has 0 bridgehead atoms. The second-order valence-electron chi connectivity index (χ2n) is 2.22. The molecule has 5 heteroatoms. The lowest BCUT2D eigenvalue weighted by Crippen LogP contribution is -2.11. The normalized spacial score (nSPS) is 11.6. The number of nitrogens with zero attached hydrogens (tertiary/aromatic N) is 1. The van der Waals surface area contributed by atoms with Gasteiger partial charge in [-0.3, -0.25) is 9.79 Å². The lowest BCUT2D eigenvalue weighted by molar-refractivity contribution is -0.129. The Morgan fingerprint density at radius 1 is 1.54 bits per heavy atom. The molecule has 1 amide bonds. The van der Waals surface area contributed by atoms with Crippen LogP contribution >= 0.6 is 0 Å². The lowest BCUT2D eigenvalue weighted by Gasteiger charge is -1.89. The van der Waals surface area contributed by atoms with Gasteiger partial charge in [0.25, 0.3) is 0 Å². The van der Waals surface area contributed by atoms with Crippen molar-refractivity contribution < 1.29 is 14.7 Å². The Balaban J connectivity index is 4.31. The topological polar surface area (TPSA) is 92.8 Å². The Bertz CT molecular complexity index is 303. The van der Waals surface area contributed by atoms with Gasteiger partial charge in [-0.2, -0.15) is 0 Å². The van der Waals surface area contributed by atoms with Crippen molar-refractivity contribution in [3.8, 4) is 0 Å². The number of rotatable bonds is 4. The number of amides is 1. The van der Waals surface area contributed by atoms with Gasteiger partial charge in [0.15, 0.2) is 0 Å². The molecule has 0 atom stereocenters. The van der Waals surface area contributed by atoms with Gasteiger partial charge < -0.3 is 10.8 Å². The van der Waals surface area contributed by atoms with E-state index in [1.165, 1.54) is 13.0 Å². The van der Waals surface area contributed by atoms with E-state index in [4.69, 9.17) is 10.8 Å². The maximum absolute atomic E-state index is 10.4. The van der Waals surface area contributed by atoms with E-state index in [1.54, 1.807) is 0 Å². The largest absolute Gasteiger partial charge is 0.477 e. The molecule has 0 heterocycles. The summed E-state index contributed by atoms with van der Waals surface area (Å²) in [4.78, 5) is 24.2. The van der Waals surface area contributed by atoms with Crippen LogP contribution in [0.5, 0.6) is 0 Å². The van der Waals surface area contributed by atoms with E-state index in [2.05, 4.69) is 11.6 Å². The van der Waals surface area contributed by atoms with Crippen LogP contribution in [0.25, 0.3) is 0 Å². The van der Waals surface area contributed by atoms with E-state index in [1.807, 2.05) is 0 Å². The number of nitrogens with two attached hydrogens (primary N) is 1. The Kier molecular flexibility index (Phi) is 4.15. The maximum Gasteiger partial charge on any atom is 0.349 e. The van der Waals surface area contributed by atoms with Gasteiger partial charge in [-0.15, -0.1) is 0 Å². The van der Waals surface area contributed by atoms with Gasteiger partial charge in [0.2, 0.25) is 5.91 Å². The predicted octanol–water partition coefficient (Wildman–Crippen LogP) is 0.0871. The van der Waals surface area contributed by atoms with E-state index in [0.717, 1.165) is 6.20 Å². The zero-order valence-corrected chi connectivity index (χ0v) is 7.15. The molecule has 0 saturated heterocycles. The first-order valence-corrected chi connectivity index (χ1v) is 3.38. The standard InChI is InChI=1S/C8H10N2O3/c1-5(7(9)11)3-4-10-6(2)8(12)13/h3-4H,1H2,2H3,(H2,9,11)(H,12,13)/b4-3-,10-6?. The van der Waals surface area contributed by atoms with E-state index in [0.29, 0.717) is 0 Å². The fraction of sp³-hybridized carbons (Fsp3) is 0.125. The Morgan fingerprint density at radius 3 is 2.46 bits per heavy atom. The molecule has 0 unspecified atom stereocenters. The summed E-state index contributed by atoms with van der Waals surface area (Å²) in [6, 6.07) is 0. The highest BCUT2D eigenvalue weighted by molar-refractivity contribution is 6.34. The molecule has 3 N–H and O–H groups in total. The van der Waals surface area contributed by atoms with Crippen LogP contribution in [0.2, 0.25) is 0 Å². The van der Waals surface area contributed by atoms with Crippen molar-refractivity contribution in [3.63, 3.8) is 0 Å². The molecule has 0 saturated carbocycles. The SMILES string of the molecule is C=C(/C=C\N=C(C)C(=O)O)C(N)=O. The highest BCUT2D eigenvalue weighted by atomic mass is 16.4. The van der Waals surface area contributed by atoms with Crippen molar-refractivity contribution in [2.75, 3.05) is 0 Å². The van der Waals surface area contributed by atoms with Crippen molar-refractivity contribution >= 4 is 17.6 Å². The zero-order valence-electron chi connectivity index (χ0n) is 7.15. The molecule has 0 aliphatic carbocycles. The van der Waals surface area contributed by atoms with Crippen molar-refractivity contribution in [2.24, 2.45) is 10.7 Å². The number of carboxylic acids is 1. The Morgan fingerprint density at radius 2 is 2.08 bits per heavy atom. The van der Waals surface area contributed by atoms with Crippen LogP contribution in [-0.2, 0) is 9.59 Å². The molecule has 0 rings (SSSR count). The monoisotopic (exact) mass is 182 g/mol. The number of aliphatic carboxylic acids is 1. The third kappa shape index (κ3) is 4.52. The molecule has 0 aromatic heterocycles. The minimum absolute atomic E-state index is 0.0712. The third-order valence-corrected chi connectivity index (χ3v) is 1.17. The maximum atomic E-state index is 10.4. The van der Waals surface area contributed by atoms with Gasteiger partial charge in [-0.1, -0.05) is 6.58 Å². The lowest BCUT2D eigenvalue weighted by atomic mass is 10.3. The average Bonchev–Trinajstić information content (AvgIpc) is 2.03. The van der Waals surface area contributed by atoms with Gasteiger partial charge in [0, 0.05) is 11.8 Å². The van der Waals surface area contributed by atoms with Gasteiger partial charge in [-0.05, 0) is 13.0 Å². The Hall–Kier alpha value is -1.91. The fourth-order valence-electron chi connectivity index (χ4n) is 0.376. The van der Waals surface area contributed by atoms with Gasteiger partial charge in [-0.25, -0.2) is 4.79 Å². The summed E-state index contributed by atoms with van der Waals surface area (Å²) in [5, 5.41) is 8.38. The van der Waals surface area contributed by atoms with E-state index in [9.17, 15) is 9.59 Å². The number of aliphatic imine (C=N–C) groups is 1. The van der Waals surface area contributed by atoms with Crippen LogP contribution in [0.3, 0.4) is 0 Å². The summed E-state index contributed by atoms with van der Waals surface area (Å²) in [5.41, 5.74) is 4.85. The summed E-state index contributed by atoms with van der Waals surface area (Å²) in [5.74, 6) is -1.78. The molecular formula is C8H10N2O3. The number of carbonyl (C=O) groups is 2. The number of carbonyl (C=O) groups excluding carboxylic acids is 1. The summed E-state index contributed by atoms with van der Waals surface area (Å²) in [6.07, 6.45) is 2.41. The van der Waals surface area contributed by atoms with Crippen LogP contribution in [0, 0.1) is 0 Å². The molecule has 0 spiro atoms. The molecule has 0 aromatic carbocycles. The first-order valence-electron chi connectivity index (χ1n) is 3.38. The van der Waals surface area contributed by atoms with E-state index in [-0.39, 0.29) is 11.3 Å². The molecule has 70 valence electrons. The van der Waals surface area contributed by atoms with Gasteiger partial charge >= 0.3 is 5.97 Å². The number of hydrogen-bond acceptors (Lipinski definition) is 3. The molecule has 0 aliphatic heterocycles. The van der Waals surface area contributed by atoms with Crippen LogP contribution < -0.4 is 5.73 Å². The molecule has 13 heavy (non-hydrogen) atoms.